The average molecular weight is 380 g/mol. The Morgan fingerprint density at radius 1 is 1.00 bits per heavy atom. The summed E-state index contributed by atoms with van der Waals surface area (Å²) in [5, 5.41) is 18.5. The van der Waals surface area contributed by atoms with Crippen LogP contribution in [0.25, 0.3) is 0 Å². The Labute approximate surface area is 153 Å². The Kier molecular flexibility index (Phi) is 14.1. The SMILES string of the molecule is CCCCCC(O)CCCCS(=O)(=O)NCCCCC(C)CC(=O)O. The maximum atomic E-state index is 11.9. The van der Waals surface area contributed by atoms with E-state index in [0.717, 1.165) is 51.4 Å². The van der Waals surface area contributed by atoms with E-state index in [1.165, 1.54) is 0 Å². The summed E-state index contributed by atoms with van der Waals surface area (Å²) in [4.78, 5) is 10.6. The minimum Gasteiger partial charge on any atom is -0.481 e. The first-order valence-electron chi connectivity index (χ1n) is 9.64. The first-order chi connectivity index (χ1) is 11.8. The van der Waals surface area contributed by atoms with Crippen LogP contribution in [-0.2, 0) is 14.8 Å². The van der Waals surface area contributed by atoms with Gasteiger partial charge in [0, 0.05) is 13.0 Å². The first kappa shape index (κ1) is 24.3. The molecule has 0 aromatic heterocycles. The van der Waals surface area contributed by atoms with E-state index in [1.807, 2.05) is 6.92 Å². The molecule has 0 aliphatic rings. The molecule has 0 heterocycles. The van der Waals surface area contributed by atoms with Crippen molar-refractivity contribution >= 4 is 16.0 Å². The maximum Gasteiger partial charge on any atom is 0.303 e. The standard InChI is InChI=1S/C18H37NO5S/c1-3-4-5-11-17(20)12-7-9-14-25(23,24)19-13-8-6-10-16(2)15-18(21)22/h16-17,19-20H,3-15H2,1-2H3,(H,21,22). The lowest BCUT2D eigenvalue weighted by Gasteiger charge is -2.11. The molecule has 6 nitrogen and oxygen atoms in total. The molecule has 7 heteroatoms. The molecule has 0 radical (unpaired) electrons. The molecule has 3 N–H and O–H groups in total. The lowest BCUT2D eigenvalue weighted by Crippen LogP contribution is -2.27. The lowest BCUT2D eigenvalue weighted by molar-refractivity contribution is -0.138. The summed E-state index contributed by atoms with van der Waals surface area (Å²) in [5.74, 6) is -0.564. The highest BCUT2D eigenvalue weighted by Crippen LogP contribution is 2.12. The monoisotopic (exact) mass is 379 g/mol. The average Bonchev–Trinajstić information content (AvgIpc) is 2.51. The molecular weight excluding hydrogens is 342 g/mol. The molecule has 2 unspecified atom stereocenters. The fourth-order valence-electron chi connectivity index (χ4n) is 2.76. The third-order valence-electron chi connectivity index (χ3n) is 4.31. The Hall–Kier alpha value is -0.660. The van der Waals surface area contributed by atoms with E-state index in [9.17, 15) is 18.3 Å². The number of sulfonamides is 1. The highest BCUT2D eigenvalue weighted by Gasteiger charge is 2.11. The Morgan fingerprint density at radius 2 is 1.60 bits per heavy atom. The molecule has 150 valence electrons. The molecule has 0 saturated carbocycles. The Balaban J connectivity index is 3.66. The highest BCUT2D eigenvalue weighted by atomic mass is 32.2. The largest absolute Gasteiger partial charge is 0.481 e. The van der Waals surface area contributed by atoms with Gasteiger partial charge in [0.25, 0.3) is 0 Å². The van der Waals surface area contributed by atoms with E-state index >= 15 is 0 Å². The van der Waals surface area contributed by atoms with Crippen LogP contribution in [0.4, 0.5) is 0 Å². The first-order valence-corrected chi connectivity index (χ1v) is 11.3. The van der Waals surface area contributed by atoms with Crippen LogP contribution < -0.4 is 4.72 Å². The highest BCUT2D eigenvalue weighted by molar-refractivity contribution is 7.89. The number of hydrogen-bond donors (Lipinski definition) is 3. The summed E-state index contributed by atoms with van der Waals surface area (Å²) < 4.78 is 26.4. The molecule has 0 aliphatic carbocycles. The predicted octanol–water partition coefficient (Wildman–Crippen LogP) is 3.30. The molecule has 0 saturated heterocycles. The van der Waals surface area contributed by atoms with Crippen LogP contribution in [0.15, 0.2) is 0 Å². The molecule has 25 heavy (non-hydrogen) atoms. The number of hydrogen-bond acceptors (Lipinski definition) is 4. The van der Waals surface area contributed by atoms with Gasteiger partial charge in [0.05, 0.1) is 11.9 Å². The number of rotatable bonds is 17. The van der Waals surface area contributed by atoms with Crippen LogP contribution >= 0.6 is 0 Å². The van der Waals surface area contributed by atoms with Gasteiger partial charge in [0.15, 0.2) is 0 Å². The quantitative estimate of drug-likeness (QED) is 0.336. The van der Waals surface area contributed by atoms with E-state index in [-0.39, 0.29) is 24.2 Å². The maximum absolute atomic E-state index is 11.9. The van der Waals surface area contributed by atoms with Crippen molar-refractivity contribution in [3.05, 3.63) is 0 Å². The molecule has 0 bridgehead atoms. The second-order valence-electron chi connectivity index (χ2n) is 7.06. The Morgan fingerprint density at radius 3 is 2.20 bits per heavy atom. The number of nitrogens with one attached hydrogen (secondary N) is 1. The Bertz CT molecular complexity index is 439. The summed E-state index contributed by atoms with van der Waals surface area (Å²) in [6.45, 7) is 4.43. The van der Waals surface area contributed by atoms with Crippen molar-refractivity contribution in [1.29, 1.82) is 0 Å². The van der Waals surface area contributed by atoms with Gasteiger partial charge in [-0.25, -0.2) is 13.1 Å². The second kappa shape index (κ2) is 14.5. The summed E-state index contributed by atoms with van der Waals surface area (Å²) in [6, 6.07) is 0. The van der Waals surface area contributed by atoms with Crippen LogP contribution in [-0.4, -0.2) is 43.0 Å². The zero-order valence-corrected chi connectivity index (χ0v) is 16.7. The van der Waals surface area contributed by atoms with Crippen LogP contribution in [0.2, 0.25) is 0 Å². The zero-order valence-electron chi connectivity index (χ0n) is 15.9. The van der Waals surface area contributed by atoms with Crippen molar-refractivity contribution < 1.29 is 23.4 Å². The van der Waals surface area contributed by atoms with Gasteiger partial charge < -0.3 is 10.2 Å². The number of aliphatic hydroxyl groups is 1. The lowest BCUT2D eigenvalue weighted by atomic mass is 10.0. The molecule has 0 fully saturated rings. The zero-order chi connectivity index (χ0) is 19.1. The van der Waals surface area contributed by atoms with E-state index in [1.54, 1.807) is 0 Å². The number of aliphatic hydroxyl groups excluding tert-OH is 1. The van der Waals surface area contributed by atoms with Gasteiger partial charge in [0.2, 0.25) is 10.0 Å². The summed E-state index contributed by atoms with van der Waals surface area (Å²) in [6.07, 6.45) is 8.24. The number of aliphatic carboxylic acids is 1. The van der Waals surface area contributed by atoms with Crippen molar-refractivity contribution in [3.8, 4) is 0 Å². The molecule has 0 rings (SSSR count). The van der Waals surface area contributed by atoms with E-state index in [2.05, 4.69) is 11.6 Å². The van der Waals surface area contributed by atoms with Crippen molar-refractivity contribution in [1.82, 2.24) is 4.72 Å². The third kappa shape index (κ3) is 16.6. The number of unbranched alkanes of at least 4 members (excludes halogenated alkanes) is 4. The van der Waals surface area contributed by atoms with Crippen molar-refractivity contribution in [2.75, 3.05) is 12.3 Å². The van der Waals surface area contributed by atoms with Gasteiger partial charge in [-0.3, -0.25) is 4.79 Å². The molecule has 0 aromatic rings. The van der Waals surface area contributed by atoms with Gasteiger partial charge in [-0.1, -0.05) is 46.0 Å². The normalized spacial score (nSPS) is 14.4. The predicted molar refractivity (Wildman–Crippen MR) is 101 cm³/mol. The van der Waals surface area contributed by atoms with E-state index < -0.39 is 16.0 Å². The molecule has 2 atom stereocenters. The molecule has 0 spiro atoms. The summed E-state index contributed by atoms with van der Waals surface area (Å²) in [5.41, 5.74) is 0. The fourth-order valence-corrected chi connectivity index (χ4v) is 3.95. The molecule has 0 amide bonds. The van der Waals surface area contributed by atoms with Crippen molar-refractivity contribution in [3.63, 3.8) is 0 Å². The summed E-state index contributed by atoms with van der Waals surface area (Å²) >= 11 is 0. The van der Waals surface area contributed by atoms with Crippen molar-refractivity contribution in [2.24, 2.45) is 5.92 Å². The van der Waals surface area contributed by atoms with Gasteiger partial charge in [-0.05, 0) is 38.0 Å². The molecule has 0 aliphatic heterocycles. The van der Waals surface area contributed by atoms with Gasteiger partial charge in [0.1, 0.15) is 0 Å². The fraction of sp³-hybridized carbons (Fsp3) is 0.944. The third-order valence-corrected chi connectivity index (χ3v) is 5.78. The van der Waals surface area contributed by atoms with Crippen LogP contribution in [0.3, 0.4) is 0 Å². The smallest absolute Gasteiger partial charge is 0.303 e. The number of carboxylic acids is 1. The van der Waals surface area contributed by atoms with Gasteiger partial charge in [-0.15, -0.1) is 0 Å². The van der Waals surface area contributed by atoms with E-state index in [0.29, 0.717) is 19.4 Å². The number of carbonyl (C=O) groups is 1. The van der Waals surface area contributed by atoms with Crippen LogP contribution in [0, 0.1) is 5.92 Å². The van der Waals surface area contributed by atoms with Crippen LogP contribution in [0.1, 0.15) is 84.5 Å². The van der Waals surface area contributed by atoms with Crippen molar-refractivity contribution in [2.45, 2.75) is 90.6 Å². The second-order valence-corrected chi connectivity index (χ2v) is 8.98. The van der Waals surface area contributed by atoms with Crippen LogP contribution in [0.5, 0.6) is 0 Å². The van der Waals surface area contributed by atoms with E-state index in [4.69, 9.17) is 5.11 Å². The minimum absolute atomic E-state index is 0.101. The van der Waals surface area contributed by atoms with Gasteiger partial charge >= 0.3 is 5.97 Å². The minimum atomic E-state index is -3.25. The van der Waals surface area contributed by atoms with Gasteiger partial charge in [-0.2, -0.15) is 0 Å². The summed E-state index contributed by atoms with van der Waals surface area (Å²) in [7, 11) is -3.25. The topological polar surface area (TPSA) is 104 Å². The molecular formula is C18H37NO5S. The number of carboxylic acid groups (broad SMARTS) is 1. The molecule has 0 aromatic carbocycles.